The van der Waals surface area contributed by atoms with Gasteiger partial charge in [0.2, 0.25) is 0 Å². The van der Waals surface area contributed by atoms with E-state index in [1.165, 1.54) is 11.1 Å². The molecule has 0 saturated heterocycles. The van der Waals surface area contributed by atoms with Gasteiger partial charge in [-0.25, -0.2) is 4.52 Å². The molecule has 0 aliphatic heterocycles. The molecule has 0 unspecified atom stereocenters. The van der Waals surface area contributed by atoms with E-state index in [1.807, 2.05) is 43.3 Å². The van der Waals surface area contributed by atoms with E-state index in [-0.39, 0.29) is 17.5 Å². The summed E-state index contributed by atoms with van der Waals surface area (Å²) < 4.78 is 1.63. The Morgan fingerprint density at radius 2 is 1.71 bits per heavy atom. The number of Topliss-reactive ketones (excluding diaryl/α,β-unsaturated/α-hetero) is 2. The number of nitrogens with one attached hydrogen (secondary N) is 1. The van der Waals surface area contributed by atoms with E-state index in [0.29, 0.717) is 29.6 Å². The van der Waals surface area contributed by atoms with Crippen LogP contribution in [0.15, 0.2) is 79.1 Å². The Labute approximate surface area is 200 Å². The molecule has 4 rings (SSSR count). The fourth-order valence-electron chi connectivity index (χ4n) is 4.18. The SMILES string of the molecule is CCCC(=O)c1ccc2c(C(=O)[C@@H](NC[C@@H](C)c3ccc(C)cc3)c3ccccc3)cnn2c1. The first-order chi connectivity index (χ1) is 16.5. The summed E-state index contributed by atoms with van der Waals surface area (Å²) >= 11 is 0. The van der Waals surface area contributed by atoms with Crippen LogP contribution in [0.25, 0.3) is 5.52 Å². The van der Waals surface area contributed by atoms with Crippen LogP contribution >= 0.6 is 0 Å². The van der Waals surface area contributed by atoms with E-state index in [2.05, 4.69) is 48.5 Å². The number of carbonyl (C=O) groups is 2. The molecule has 174 valence electrons. The van der Waals surface area contributed by atoms with Gasteiger partial charge in [-0.05, 0) is 42.5 Å². The van der Waals surface area contributed by atoms with E-state index in [4.69, 9.17) is 0 Å². The Kier molecular flexibility index (Phi) is 7.33. The van der Waals surface area contributed by atoms with Gasteiger partial charge >= 0.3 is 0 Å². The monoisotopic (exact) mass is 453 g/mol. The van der Waals surface area contributed by atoms with Crippen molar-refractivity contribution < 1.29 is 9.59 Å². The number of hydrogen-bond donors (Lipinski definition) is 1. The second kappa shape index (κ2) is 10.6. The average Bonchev–Trinajstić information content (AvgIpc) is 3.28. The van der Waals surface area contributed by atoms with Gasteiger partial charge in [-0.1, -0.05) is 74.0 Å². The summed E-state index contributed by atoms with van der Waals surface area (Å²) in [6.07, 6.45) is 4.62. The summed E-state index contributed by atoms with van der Waals surface area (Å²) in [5.41, 5.74) is 5.23. The number of aryl methyl sites for hydroxylation is 1. The lowest BCUT2D eigenvalue weighted by atomic mass is 9.95. The molecule has 2 aromatic heterocycles. The van der Waals surface area contributed by atoms with Crippen molar-refractivity contribution in [1.82, 2.24) is 14.9 Å². The van der Waals surface area contributed by atoms with E-state index < -0.39 is 6.04 Å². The second-order valence-corrected chi connectivity index (χ2v) is 8.91. The van der Waals surface area contributed by atoms with Crippen molar-refractivity contribution >= 4 is 17.1 Å². The third-order valence-corrected chi connectivity index (χ3v) is 6.25. The van der Waals surface area contributed by atoms with E-state index in [1.54, 1.807) is 23.0 Å². The Hall–Kier alpha value is -3.57. The molecule has 2 aromatic carbocycles. The van der Waals surface area contributed by atoms with Gasteiger partial charge in [0.1, 0.15) is 0 Å². The number of benzene rings is 2. The van der Waals surface area contributed by atoms with Crippen molar-refractivity contribution in [3.05, 3.63) is 107 Å². The van der Waals surface area contributed by atoms with E-state index in [0.717, 1.165) is 12.0 Å². The molecule has 5 heteroatoms. The summed E-state index contributed by atoms with van der Waals surface area (Å²) in [5, 5.41) is 7.89. The number of fused-ring (bicyclic) bond motifs is 1. The lowest BCUT2D eigenvalue weighted by Gasteiger charge is -2.21. The smallest absolute Gasteiger partial charge is 0.188 e. The van der Waals surface area contributed by atoms with Gasteiger partial charge in [0.25, 0.3) is 0 Å². The summed E-state index contributed by atoms with van der Waals surface area (Å²) in [4.78, 5) is 26.0. The molecule has 2 heterocycles. The minimum atomic E-state index is -0.497. The first-order valence-corrected chi connectivity index (χ1v) is 11.9. The molecule has 0 aliphatic carbocycles. The van der Waals surface area contributed by atoms with Gasteiger partial charge in [-0.2, -0.15) is 5.10 Å². The van der Waals surface area contributed by atoms with Crippen LogP contribution in [0.2, 0.25) is 0 Å². The zero-order valence-electron chi connectivity index (χ0n) is 20.0. The number of carbonyl (C=O) groups excluding carboxylic acids is 2. The van der Waals surface area contributed by atoms with Crippen LogP contribution in [0.1, 0.15) is 76.1 Å². The van der Waals surface area contributed by atoms with Crippen LogP contribution in [-0.2, 0) is 0 Å². The van der Waals surface area contributed by atoms with Crippen molar-refractivity contribution in [2.75, 3.05) is 6.54 Å². The first kappa shape index (κ1) is 23.6. The molecule has 0 aliphatic rings. The van der Waals surface area contributed by atoms with Crippen LogP contribution < -0.4 is 5.32 Å². The number of hydrogen-bond acceptors (Lipinski definition) is 4. The van der Waals surface area contributed by atoms with Crippen LogP contribution in [-0.4, -0.2) is 27.7 Å². The third-order valence-electron chi connectivity index (χ3n) is 6.25. The van der Waals surface area contributed by atoms with Crippen molar-refractivity contribution in [3.63, 3.8) is 0 Å². The summed E-state index contributed by atoms with van der Waals surface area (Å²) in [5.74, 6) is 0.294. The molecule has 34 heavy (non-hydrogen) atoms. The van der Waals surface area contributed by atoms with Crippen molar-refractivity contribution in [2.24, 2.45) is 0 Å². The maximum absolute atomic E-state index is 13.8. The number of ketones is 2. The first-order valence-electron chi connectivity index (χ1n) is 11.9. The van der Waals surface area contributed by atoms with Crippen LogP contribution in [0.4, 0.5) is 0 Å². The predicted octanol–water partition coefficient (Wildman–Crippen LogP) is 5.94. The molecule has 0 amide bonds. The Morgan fingerprint density at radius 1 is 0.971 bits per heavy atom. The molecule has 0 radical (unpaired) electrons. The van der Waals surface area contributed by atoms with Crippen LogP contribution in [0.3, 0.4) is 0 Å². The minimum Gasteiger partial charge on any atom is -0.303 e. The van der Waals surface area contributed by atoms with Gasteiger partial charge < -0.3 is 5.32 Å². The fourth-order valence-corrected chi connectivity index (χ4v) is 4.18. The zero-order chi connectivity index (χ0) is 24.1. The van der Waals surface area contributed by atoms with Gasteiger partial charge in [-0.15, -0.1) is 0 Å². The largest absolute Gasteiger partial charge is 0.303 e. The minimum absolute atomic E-state index is 0.0371. The summed E-state index contributed by atoms with van der Waals surface area (Å²) in [6, 6.07) is 21.4. The highest BCUT2D eigenvalue weighted by Crippen LogP contribution is 2.24. The van der Waals surface area contributed by atoms with Crippen molar-refractivity contribution in [2.45, 2.75) is 45.6 Å². The normalized spacial score (nSPS) is 13.0. The van der Waals surface area contributed by atoms with E-state index in [9.17, 15) is 9.59 Å². The Morgan fingerprint density at radius 3 is 2.41 bits per heavy atom. The molecule has 0 fully saturated rings. The van der Waals surface area contributed by atoms with Crippen LogP contribution in [0.5, 0.6) is 0 Å². The average molecular weight is 454 g/mol. The maximum Gasteiger partial charge on any atom is 0.188 e. The molecule has 0 spiro atoms. The quantitative estimate of drug-likeness (QED) is 0.302. The molecule has 1 N–H and O–H groups in total. The number of pyridine rings is 1. The molecular formula is C29H31N3O2. The van der Waals surface area contributed by atoms with Gasteiger partial charge in [0.05, 0.1) is 23.3 Å². The molecular weight excluding hydrogens is 422 g/mol. The standard InChI is InChI=1S/C29H31N3O2/c1-4-8-27(33)24-15-16-26-25(18-31-32(26)19-24)29(34)28(23-9-6-5-7-10-23)30-17-21(3)22-13-11-20(2)12-14-22/h5-7,9-16,18-19,21,28,30H,4,8,17H2,1-3H3/t21-,28+/m1/s1. The lowest BCUT2D eigenvalue weighted by Crippen LogP contribution is -2.31. The third kappa shape index (κ3) is 5.15. The summed E-state index contributed by atoms with van der Waals surface area (Å²) in [6.45, 7) is 6.88. The molecule has 4 aromatic rings. The number of nitrogens with zero attached hydrogens (tertiary/aromatic N) is 2. The topological polar surface area (TPSA) is 63.5 Å². The highest BCUT2D eigenvalue weighted by molar-refractivity contribution is 6.06. The maximum atomic E-state index is 13.8. The predicted molar refractivity (Wildman–Crippen MR) is 136 cm³/mol. The number of aromatic nitrogens is 2. The molecule has 5 nitrogen and oxygen atoms in total. The fraction of sp³-hybridized carbons (Fsp3) is 0.276. The molecule has 2 atom stereocenters. The highest BCUT2D eigenvalue weighted by Gasteiger charge is 2.25. The van der Waals surface area contributed by atoms with E-state index >= 15 is 0 Å². The van der Waals surface area contributed by atoms with Crippen molar-refractivity contribution in [1.29, 1.82) is 0 Å². The van der Waals surface area contributed by atoms with Crippen LogP contribution in [0, 0.1) is 6.92 Å². The number of rotatable bonds is 10. The molecule has 0 bridgehead atoms. The van der Waals surface area contributed by atoms with Gasteiger partial charge in [-0.3, -0.25) is 9.59 Å². The second-order valence-electron chi connectivity index (χ2n) is 8.91. The highest BCUT2D eigenvalue weighted by atomic mass is 16.1. The Bertz CT molecular complexity index is 1280. The van der Waals surface area contributed by atoms with Gasteiger partial charge in [0, 0.05) is 24.7 Å². The zero-order valence-corrected chi connectivity index (χ0v) is 20.0. The Balaban J connectivity index is 1.60. The van der Waals surface area contributed by atoms with Crippen molar-refractivity contribution in [3.8, 4) is 0 Å². The molecule has 0 saturated carbocycles. The lowest BCUT2D eigenvalue weighted by molar-refractivity contribution is 0.0942. The summed E-state index contributed by atoms with van der Waals surface area (Å²) in [7, 11) is 0. The van der Waals surface area contributed by atoms with Gasteiger partial charge in [0.15, 0.2) is 11.6 Å².